The first kappa shape index (κ1) is 11.9. The quantitative estimate of drug-likeness (QED) is 0.785. The van der Waals surface area contributed by atoms with Gasteiger partial charge in [0.25, 0.3) is 0 Å². The molecule has 0 amide bonds. The fourth-order valence-electron chi connectivity index (χ4n) is 1.61. The molecule has 0 unspecified atom stereocenters. The second kappa shape index (κ2) is 3.74. The van der Waals surface area contributed by atoms with Crippen LogP contribution >= 0.6 is 0 Å². The van der Waals surface area contributed by atoms with Gasteiger partial charge in [-0.15, -0.1) is 0 Å². The van der Waals surface area contributed by atoms with E-state index in [0.717, 1.165) is 11.1 Å². The molecule has 3 heteroatoms. The van der Waals surface area contributed by atoms with Crippen molar-refractivity contribution in [3.05, 3.63) is 22.8 Å². The number of nitrogens with two attached hydrogens (primary N) is 1. The van der Waals surface area contributed by atoms with Gasteiger partial charge in [-0.2, -0.15) is 0 Å². The second-order valence-corrected chi connectivity index (χ2v) is 4.47. The van der Waals surface area contributed by atoms with Crippen molar-refractivity contribution in [2.24, 2.45) is 5.73 Å². The number of phenols is 1. The molecule has 0 aliphatic heterocycles. The predicted molar refractivity (Wildman–Crippen MR) is 61.3 cm³/mol. The number of phenolic OH excluding ortho intramolecular Hbond substituents is 1. The van der Waals surface area contributed by atoms with Gasteiger partial charge < -0.3 is 15.6 Å². The van der Waals surface area contributed by atoms with Crippen molar-refractivity contribution in [2.45, 2.75) is 33.2 Å². The van der Waals surface area contributed by atoms with Crippen LogP contribution in [0.15, 0.2) is 6.07 Å². The molecule has 3 N–H and O–H groups in total. The smallest absolute Gasteiger partial charge is 0.164 e. The molecule has 84 valence electrons. The monoisotopic (exact) mass is 209 g/mol. The lowest BCUT2D eigenvalue weighted by Gasteiger charge is -2.23. The first-order valence-corrected chi connectivity index (χ1v) is 4.95. The van der Waals surface area contributed by atoms with Crippen molar-refractivity contribution >= 4 is 0 Å². The first-order valence-electron chi connectivity index (χ1n) is 4.95. The van der Waals surface area contributed by atoms with Crippen LogP contribution < -0.4 is 10.5 Å². The van der Waals surface area contributed by atoms with Crippen LogP contribution in [0.1, 0.15) is 30.5 Å². The summed E-state index contributed by atoms with van der Waals surface area (Å²) in [6, 6.07) is 1.91. The third-order valence-corrected chi connectivity index (χ3v) is 2.66. The number of hydrogen-bond acceptors (Lipinski definition) is 3. The van der Waals surface area contributed by atoms with E-state index in [1.807, 2.05) is 33.8 Å². The number of methoxy groups -OCH3 is 1. The van der Waals surface area contributed by atoms with Crippen LogP contribution in [0.5, 0.6) is 11.5 Å². The molecule has 0 fully saturated rings. The van der Waals surface area contributed by atoms with Gasteiger partial charge in [0.2, 0.25) is 0 Å². The van der Waals surface area contributed by atoms with Crippen molar-refractivity contribution in [3.63, 3.8) is 0 Å². The molecule has 0 radical (unpaired) electrons. The van der Waals surface area contributed by atoms with Crippen molar-refractivity contribution in [1.82, 2.24) is 0 Å². The highest BCUT2D eigenvalue weighted by Crippen LogP contribution is 2.39. The molecule has 0 bridgehead atoms. The van der Waals surface area contributed by atoms with Gasteiger partial charge in [-0.3, -0.25) is 0 Å². The summed E-state index contributed by atoms with van der Waals surface area (Å²) in [6.07, 6.45) is 0. The van der Waals surface area contributed by atoms with Crippen LogP contribution in [0, 0.1) is 13.8 Å². The van der Waals surface area contributed by atoms with Crippen molar-refractivity contribution in [2.75, 3.05) is 7.11 Å². The van der Waals surface area contributed by atoms with E-state index in [1.54, 1.807) is 7.11 Å². The van der Waals surface area contributed by atoms with E-state index in [4.69, 9.17) is 10.5 Å². The van der Waals surface area contributed by atoms with E-state index in [2.05, 4.69) is 0 Å². The zero-order chi connectivity index (χ0) is 11.8. The lowest BCUT2D eigenvalue weighted by atomic mass is 9.91. The average Bonchev–Trinajstić information content (AvgIpc) is 2.10. The average molecular weight is 209 g/mol. The van der Waals surface area contributed by atoms with E-state index in [9.17, 15) is 5.11 Å². The fourth-order valence-corrected chi connectivity index (χ4v) is 1.61. The second-order valence-electron chi connectivity index (χ2n) is 4.47. The Morgan fingerprint density at radius 1 is 1.33 bits per heavy atom. The molecule has 0 heterocycles. The number of benzene rings is 1. The van der Waals surface area contributed by atoms with Gasteiger partial charge >= 0.3 is 0 Å². The van der Waals surface area contributed by atoms with Gasteiger partial charge in [-0.1, -0.05) is 6.07 Å². The van der Waals surface area contributed by atoms with Gasteiger partial charge in [0, 0.05) is 11.1 Å². The minimum absolute atomic E-state index is 0.146. The van der Waals surface area contributed by atoms with E-state index >= 15 is 0 Å². The molecule has 0 saturated carbocycles. The number of aryl methyl sites for hydroxylation is 1. The molecule has 0 aromatic heterocycles. The molecule has 1 aromatic rings. The molecular weight excluding hydrogens is 190 g/mol. The van der Waals surface area contributed by atoms with E-state index in [-0.39, 0.29) is 5.75 Å². The Bertz CT molecular complexity index is 378. The minimum Gasteiger partial charge on any atom is -0.504 e. The molecular formula is C12H19NO2. The summed E-state index contributed by atoms with van der Waals surface area (Å²) in [7, 11) is 1.55. The molecule has 1 rings (SSSR count). The standard InChI is InChI=1S/C12H19NO2/c1-7-6-9(12(3,4)13)10(14)11(15-5)8(7)2/h6,14H,13H2,1-5H3. The highest BCUT2D eigenvalue weighted by atomic mass is 16.5. The Kier molecular flexibility index (Phi) is 2.95. The van der Waals surface area contributed by atoms with Crippen molar-refractivity contribution in [1.29, 1.82) is 0 Å². The van der Waals surface area contributed by atoms with E-state index < -0.39 is 5.54 Å². The molecule has 0 atom stereocenters. The van der Waals surface area contributed by atoms with Crippen LogP contribution in [0.4, 0.5) is 0 Å². The van der Waals surface area contributed by atoms with E-state index in [1.165, 1.54) is 0 Å². The van der Waals surface area contributed by atoms with Gasteiger partial charge in [0.15, 0.2) is 11.5 Å². The van der Waals surface area contributed by atoms with Gasteiger partial charge in [0.05, 0.1) is 7.11 Å². The van der Waals surface area contributed by atoms with Gasteiger partial charge in [0.1, 0.15) is 0 Å². The van der Waals surface area contributed by atoms with E-state index in [0.29, 0.717) is 11.3 Å². The third-order valence-electron chi connectivity index (χ3n) is 2.66. The summed E-state index contributed by atoms with van der Waals surface area (Å²) in [5.74, 6) is 0.664. The summed E-state index contributed by atoms with van der Waals surface area (Å²) in [5, 5.41) is 10.0. The SMILES string of the molecule is COc1c(C)c(C)cc(C(C)(C)N)c1O. The summed E-state index contributed by atoms with van der Waals surface area (Å²) in [5.41, 5.74) is 8.14. The molecule has 0 saturated heterocycles. The highest BCUT2D eigenvalue weighted by molar-refractivity contribution is 5.55. The fraction of sp³-hybridized carbons (Fsp3) is 0.500. The summed E-state index contributed by atoms with van der Waals surface area (Å²) < 4.78 is 5.19. The summed E-state index contributed by atoms with van der Waals surface area (Å²) in [6.45, 7) is 7.61. The lowest BCUT2D eigenvalue weighted by molar-refractivity contribution is 0.360. The van der Waals surface area contributed by atoms with Crippen LogP contribution in [0.25, 0.3) is 0 Å². The molecule has 1 aromatic carbocycles. The Morgan fingerprint density at radius 3 is 2.27 bits per heavy atom. The summed E-state index contributed by atoms with van der Waals surface area (Å²) in [4.78, 5) is 0. The Balaban J connectivity index is 3.51. The number of aromatic hydroxyl groups is 1. The third kappa shape index (κ3) is 2.07. The first-order chi connectivity index (χ1) is 6.79. The van der Waals surface area contributed by atoms with Crippen LogP contribution in [0.2, 0.25) is 0 Å². The molecule has 15 heavy (non-hydrogen) atoms. The lowest BCUT2D eigenvalue weighted by Crippen LogP contribution is -2.29. The van der Waals surface area contributed by atoms with Crippen LogP contribution in [0.3, 0.4) is 0 Å². The maximum absolute atomic E-state index is 10.0. The molecule has 3 nitrogen and oxygen atoms in total. The summed E-state index contributed by atoms with van der Waals surface area (Å²) >= 11 is 0. The maximum atomic E-state index is 10.0. The zero-order valence-corrected chi connectivity index (χ0v) is 10.0. The number of rotatable bonds is 2. The largest absolute Gasteiger partial charge is 0.504 e. The zero-order valence-electron chi connectivity index (χ0n) is 10.0. The Hall–Kier alpha value is -1.22. The highest BCUT2D eigenvalue weighted by Gasteiger charge is 2.23. The normalized spacial score (nSPS) is 11.6. The maximum Gasteiger partial charge on any atom is 0.164 e. The molecule has 0 aliphatic carbocycles. The van der Waals surface area contributed by atoms with Crippen LogP contribution in [-0.2, 0) is 5.54 Å². The molecule has 0 spiro atoms. The number of ether oxygens (including phenoxy) is 1. The van der Waals surface area contributed by atoms with Gasteiger partial charge in [-0.25, -0.2) is 0 Å². The van der Waals surface area contributed by atoms with Crippen LogP contribution in [-0.4, -0.2) is 12.2 Å². The predicted octanol–water partition coefficient (Wildman–Crippen LogP) is 2.21. The van der Waals surface area contributed by atoms with Crippen molar-refractivity contribution in [3.8, 4) is 11.5 Å². The molecule has 0 aliphatic rings. The number of hydrogen-bond donors (Lipinski definition) is 2. The Labute approximate surface area is 90.9 Å². The minimum atomic E-state index is -0.574. The Morgan fingerprint density at radius 2 is 1.87 bits per heavy atom. The topological polar surface area (TPSA) is 55.5 Å². The van der Waals surface area contributed by atoms with Crippen molar-refractivity contribution < 1.29 is 9.84 Å². The van der Waals surface area contributed by atoms with Gasteiger partial charge in [-0.05, 0) is 38.8 Å².